The molecule has 0 radical (unpaired) electrons. The number of aryl methyl sites for hydroxylation is 1. The van der Waals surface area contributed by atoms with E-state index >= 15 is 0 Å². The fraction of sp³-hybridized carbons (Fsp3) is 0.304. The third kappa shape index (κ3) is 4.83. The number of hydrogen-bond acceptors (Lipinski definition) is 5. The molecule has 4 rings (SSSR count). The van der Waals surface area contributed by atoms with Crippen LogP contribution in [-0.2, 0) is 6.42 Å². The molecule has 0 spiro atoms. The number of anilines is 3. The van der Waals surface area contributed by atoms with E-state index in [9.17, 15) is 4.39 Å². The first-order chi connectivity index (χ1) is 14.2. The van der Waals surface area contributed by atoms with Crippen LogP contribution >= 0.6 is 0 Å². The summed E-state index contributed by atoms with van der Waals surface area (Å²) < 4.78 is 13.8. The summed E-state index contributed by atoms with van der Waals surface area (Å²) in [5.41, 5.74) is 2.89. The summed E-state index contributed by atoms with van der Waals surface area (Å²) in [4.78, 5) is 13.9. The summed E-state index contributed by atoms with van der Waals surface area (Å²) in [6.45, 7) is 6.32. The van der Waals surface area contributed by atoms with Gasteiger partial charge in [0.25, 0.3) is 0 Å². The van der Waals surface area contributed by atoms with Crippen LogP contribution in [0.25, 0.3) is 0 Å². The molecule has 0 atom stereocenters. The first kappa shape index (κ1) is 19.2. The lowest BCUT2D eigenvalue weighted by atomic mass is 10.1. The maximum atomic E-state index is 13.8. The SMILES string of the molecule is Cc1cc(N2CCN(c3ccccc3)CC2)nc(NCCc2ccccc2F)n1. The highest BCUT2D eigenvalue weighted by Gasteiger charge is 2.19. The summed E-state index contributed by atoms with van der Waals surface area (Å²) in [7, 11) is 0. The van der Waals surface area contributed by atoms with Gasteiger partial charge in [-0.2, -0.15) is 4.98 Å². The highest BCUT2D eigenvalue weighted by atomic mass is 19.1. The summed E-state index contributed by atoms with van der Waals surface area (Å²) in [5, 5.41) is 3.25. The molecule has 0 saturated carbocycles. The van der Waals surface area contributed by atoms with Crippen molar-refractivity contribution in [1.82, 2.24) is 9.97 Å². The van der Waals surface area contributed by atoms with E-state index in [4.69, 9.17) is 4.98 Å². The number of aromatic nitrogens is 2. The van der Waals surface area contributed by atoms with Crippen LogP contribution < -0.4 is 15.1 Å². The smallest absolute Gasteiger partial charge is 0.224 e. The zero-order valence-electron chi connectivity index (χ0n) is 16.7. The van der Waals surface area contributed by atoms with Gasteiger partial charge in [-0.05, 0) is 37.1 Å². The van der Waals surface area contributed by atoms with Crippen molar-refractivity contribution in [2.75, 3.05) is 47.8 Å². The van der Waals surface area contributed by atoms with Crippen molar-refractivity contribution in [3.63, 3.8) is 0 Å². The van der Waals surface area contributed by atoms with Crippen molar-refractivity contribution in [3.05, 3.63) is 77.7 Å². The van der Waals surface area contributed by atoms with Crippen molar-refractivity contribution in [2.45, 2.75) is 13.3 Å². The van der Waals surface area contributed by atoms with Gasteiger partial charge in [0.05, 0.1) is 0 Å². The first-order valence-corrected chi connectivity index (χ1v) is 10.1. The first-order valence-electron chi connectivity index (χ1n) is 10.1. The number of para-hydroxylation sites is 1. The van der Waals surface area contributed by atoms with E-state index in [0.29, 0.717) is 24.5 Å². The van der Waals surface area contributed by atoms with Gasteiger partial charge in [0.2, 0.25) is 5.95 Å². The molecule has 0 bridgehead atoms. The molecule has 2 aromatic carbocycles. The number of hydrogen-bond donors (Lipinski definition) is 1. The number of nitrogens with zero attached hydrogens (tertiary/aromatic N) is 4. The van der Waals surface area contributed by atoms with Gasteiger partial charge in [-0.15, -0.1) is 0 Å². The topological polar surface area (TPSA) is 44.3 Å². The Kier molecular flexibility index (Phi) is 5.89. The number of nitrogens with one attached hydrogen (secondary N) is 1. The van der Waals surface area contributed by atoms with E-state index < -0.39 is 0 Å². The molecule has 6 heteroatoms. The quantitative estimate of drug-likeness (QED) is 0.690. The summed E-state index contributed by atoms with van der Waals surface area (Å²) in [6.07, 6.45) is 0.592. The minimum Gasteiger partial charge on any atom is -0.368 e. The molecular formula is C23H26FN5. The zero-order valence-corrected chi connectivity index (χ0v) is 16.7. The molecule has 0 amide bonds. The van der Waals surface area contributed by atoms with Crippen LogP contribution in [0.4, 0.5) is 21.8 Å². The van der Waals surface area contributed by atoms with Gasteiger partial charge >= 0.3 is 0 Å². The van der Waals surface area contributed by atoms with Gasteiger partial charge in [0.15, 0.2) is 0 Å². The number of rotatable bonds is 6. The molecule has 1 aliphatic heterocycles. The highest BCUT2D eigenvalue weighted by molar-refractivity contribution is 5.50. The Bertz CT molecular complexity index is 939. The van der Waals surface area contributed by atoms with Crippen molar-refractivity contribution in [3.8, 4) is 0 Å². The van der Waals surface area contributed by atoms with Crippen molar-refractivity contribution >= 4 is 17.5 Å². The van der Waals surface area contributed by atoms with Gasteiger partial charge in [0.1, 0.15) is 11.6 Å². The van der Waals surface area contributed by atoms with Crippen LogP contribution in [0.2, 0.25) is 0 Å². The summed E-state index contributed by atoms with van der Waals surface area (Å²) in [6, 6.07) is 19.4. The maximum absolute atomic E-state index is 13.8. The molecule has 3 aromatic rings. The summed E-state index contributed by atoms with van der Waals surface area (Å²) >= 11 is 0. The van der Waals surface area contributed by atoms with Crippen LogP contribution in [0, 0.1) is 12.7 Å². The molecule has 0 aliphatic carbocycles. The lowest BCUT2D eigenvalue weighted by molar-refractivity contribution is 0.610. The van der Waals surface area contributed by atoms with Crippen molar-refractivity contribution in [1.29, 1.82) is 0 Å². The van der Waals surface area contributed by atoms with Crippen LogP contribution in [0.3, 0.4) is 0 Å². The van der Waals surface area contributed by atoms with Crippen LogP contribution in [0.5, 0.6) is 0 Å². The molecule has 29 heavy (non-hydrogen) atoms. The normalized spacial score (nSPS) is 14.1. The minimum atomic E-state index is -0.170. The van der Waals surface area contributed by atoms with E-state index in [0.717, 1.165) is 37.7 Å². The molecule has 1 saturated heterocycles. The lowest BCUT2D eigenvalue weighted by Crippen LogP contribution is -2.46. The average molecular weight is 391 g/mol. The Balaban J connectivity index is 1.36. The van der Waals surface area contributed by atoms with E-state index in [1.54, 1.807) is 6.07 Å². The third-order valence-corrected chi connectivity index (χ3v) is 5.20. The molecule has 1 fully saturated rings. The second-order valence-corrected chi connectivity index (χ2v) is 7.27. The third-order valence-electron chi connectivity index (χ3n) is 5.20. The van der Waals surface area contributed by atoms with Gasteiger partial charge < -0.3 is 15.1 Å². The predicted molar refractivity (Wildman–Crippen MR) is 116 cm³/mol. The number of benzene rings is 2. The van der Waals surface area contributed by atoms with Gasteiger partial charge in [0, 0.05) is 50.2 Å². The molecule has 1 aromatic heterocycles. The van der Waals surface area contributed by atoms with Crippen LogP contribution in [0.15, 0.2) is 60.7 Å². The Morgan fingerprint density at radius 2 is 1.59 bits per heavy atom. The molecule has 1 aliphatic rings. The Labute approximate surface area is 171 Å². The Hall–Kier alpha value is -3.15. The van der Waals surface area contributed by atoms with Gasteiger partial charge in [-0.25, -0.2) is 9.37 Å². The standard InChI is InChI=1S/C23H26FN5/c1-18-17-22(29-15-13-28(14-16-29)20-8-3-2-4-9-20)27-23(26-18)25-12-11-19-7-5-6-10-21(19)24/h2-10,17H,11-16H2,1H3,(H,25,26,27). The predicted octanol–water partition coefficient (Wildman–Crippen LogP) is 3.91. The van der Waals surface area contributed by atoms with Crippen LogP contribution in [0.1, 0.15) is 11.3 Å². The molecular weight excluding hydrogens is 365 g/mol. The monoisotopic (exact) mass is 391 g/mol. The van der Waals surface area contributed by atoms with E-state index in [1.807, 2.05) is 31.2 Å². The zero-order chi connectivity index (χ0) is 20.1. The number of piperazine rings is 1. The van der Waals surface area contributed by atoms with E-state index in [-0.39, 0.29) is 5.82 Å². The molecule has 1 N–H and O–H groups in total. The van der Waals surface area contributed by atoms with E-state index in [2.05, 4.69) is 44.4 Å². The van der Waals surface area contributed by atoms with Gasteiger partial charge in [-0.3, -0.25) is 0 Å². The van der Waals surface area contributed by atoms with E-state index in [1.165, 1.54) is 11.8 Å². The Morgan fingerprint density at radius 1 is 0.897 bits per heavy atom. The molecule has 150 valence electrons. The molecule has 0 unspecified atom stereocenters. The average Bonchev–Trinajstić information content (AvgIpc) is 2.75. The number of halogens is 1. The van der Waals surface area contributed by atoms with Gasteiger partial charge in [-0.1, -0.05) is 36.4 Å². The highest BCUT2D eigenvalue weighted by Crippen LogP contribution is 2.20. The molecule has 2 heterocycles. The van der Waals surface area contributed by atoms with Crippen molar-refractivity contribution in [2.24, 2.45) is 0 Å². The largest absolute Gasteiger partial charge is 0.368 e. The fourth-order valence-electron chi connectivity index (χ4n) is 3.64. The summed E-state index contributed by atoms with van der Waals surface area (Å²) in [5.74, 6) is 1.37. The molecule has 5 nitrogen and oxygen atoms in total. The second kappa shape index (κ2) is 8.90. The maximum Gasteiger partial charge on any atom is 0.224 e. The van der Waals surface area contributed by atoms with Crippen molar-refractivity contribution < 1.29 is 4.39 Å². The lowest BCUT2D eigenvalue weighted by Gasteiger charge is -2.36. The second-order valence-electron chi connectivity index (χ2n) is 7.27. The fourth-order valence-corrected chi connectivity index (χ4v) is 3.64. The Morgan fingerprint density at radius 3 is 2.34 bits per heavy atom. The van der Waals surface area contributed by atoms with Crippen LogP contribution in [-0.4, -0.2) is 42.7 Å². The minimum absolute atomic E-state index is 0.170.